The van der Waals surface area contributed by atoms with Crippen molar-refractivity contribution in [3.05, 3.63) is 47.1 Å². The quantitative estimate of drug-likeness (QED) is 0.891. The summed E-state index contributed by atoms with van der Waals surface area (Å²) in [5.41, 5.74) is 3.27. The maximum atomic E-state index is 6.30. The Hall–Kier alpha value is -1.94. The summed E-state index contributed by atoms with van der Waals surface area (Å²) in [5.74, 6) is 1.08. The number of rotatable bonds is 2. The number of nitrogens with zero attached hydrogens (tertiary/aromatic N) is 3. The molecule has 2 aliphatic heterocycles. The van der Waals surface area contributed by atoms with E-state index in [1.807, 2.05) is 18.3 Å². The highest BCUT2D eigenvalue weighted by Crippen LogP contribution is 2.43. The summed E-state index contributed by atoms with van der Waals surface area (Å²) in [6.45, 7) is 3.38. The number of nitrogens with one attached hydrogen (secondary N) is 1. The zero-order valence-electron chi connectivity index (χ0n) is 13.5. The van der Waals surface area contributed by atoms with Crippen molar-refractivity contribution in [1.82, 2.24) is 4.98 Å². The molecule has 2 aromatic rings. The number of fused-ring (bicyclic) bond motifs is 1. The van der Waals surface area contributed by atoms with Crippen molar-refractivity contribution in [3.63, 3.8) is 0 Å². The van der Waals surface area contributed by atoms with Crippen LogP contribution in [0.4, 0.5) is 17.2 Å². The normalized spacial score (nSPS) is 23.1. The van der Waals surface area contributed by atoms with Crippen LogP contribution in [0.15, 0.2) is 36.5 Å². The lowest BCUT2D eigenvalue weighted by molar-refractivity contribution is 0.724. The van der Waals surface area contributed by atoms with Crippen LogP contribution in [0.1, 0.15) is 31.5 Å². The van der Waals surface area contributed by atoms with Gasteiger partial charge in [-0.3, -0.25) is 0 Å². The van der Waals surface area contributed by atoms with Crippen molar-refractivity contribution in [2.24, 2.45) is 0 Å². The predicted octanol–water partition coefficient (Wildman–Crippen LogP) is 4.28. The molecule has 1 aromatic heterocycles. The van der Waals surface area contributed by atoms with Crippen LogP contribution in [0.3, 0.4) is 0 Å². The van der Waals surface area contributed by atoms with Crippen LogP contribution >= 0.6 is 11.6 Å². The Morgan fingerprint density at radius 2 is 2.13 bits per heavy atom. The fourth-order valence-corrected chi connectivity index (χ4v) is 3.86. The Bertz CT molecular complexity index is 715. The molecule has 4 rings (SSSR count). The Labute approximate surface area is 142 Å². The van der Waals surface area contributed by atoms with Crippen LogP contribution in [-0.2, 0) is 0 Å². The van der Waals surface area contributed by atoms with Crippen molar-refractivity contribution in [2.45, 2.75) is 32.0 Å². The first-order valence-electron chi connectivity index (χ1n) is 8.15. The van der Waals surface area contributed by atoms with Gasteiger partial charge in [-0.25, -0.2) is 4.98 Å². The lowest BCUT2D eigenvalue weighted by atomic mass is 10.2. The Morgan fingerprint density at radius 3 is 2.78 bits per heavy atom. The Kier molecular flexibility index (Phi) is 3.57. The van der Waals surface area contributed by atoms with Gasteiger partial charge in [-0.2, -0.15) is 0 Å². The number of anilines is 3. The number of para-hydroxylation sites is 1. The molecule has 5 heteroatoms. The predicted molar refractivity (Wildman–Crippen MR) is 96.5 cm³/mol. The summed E-state index contributed by atoms with van der Waals surface area (Å²) in [7, 11) is 2.08. The third kappa shape index (κ3) is 2.41. The molecule has 3 heterocycles. The van der Waals surface area contributed by atoms with Gasteiger partial charge in [-0.15, -0.1) is 0 Å². The second-order valence-electron chi connectivity index (χ2n) is 6.43. The van der Waals surface area contributed by atoms with Gasteiger partial charge >= 0.3 is 0 Å². The van der Waals surface area contributed by atoms with E-state index < -0.39 is 0 Å². The van der Waals surface area contributed by atoms with E-state index in [0.717, 1.165) is 34.3 Å². The van der Waals surface area contributed by atoms with Gasteiger partial charge in [-0.1, -0.05) is 17.7 Å². The molecule has 2 atom stereocenters. The van der Waals surface area contributed by atoms with E-state index in [1.54, 1.807) is 0 Å². The minimum Gasteiger partial charge on any atom is -0.359 e. The largest absolute Gasteiger partial charge is 0.359 e. The van der Waals surface area contributed by atoms with Crippen molar-refractivity contribution < 1.29 is 0 Å². The smallest absolute Gasteiger partial charge is 0.128 e. The Balaban J connectivity index is 1.59. The van der Waals surface area contributed by atoms with Crippen molar-refractivity contribution >= 4 is 28.8 Å². The molecule has 1 aromatic carbocycles. The second-order valence-corrected chi connectivity index (χ2v) is 6.83. The van der Waals surface area contributed by atoms with Crippen LogP contribution in [-0.4, -0.2) is 24.6 Å². The molecule has 0 aliphatic carbocycles. The number of hydrogen-bond acceptors (Lipinski definition) is 4. The molecule has 0 bridgehead atoms. The summed E-state index contributed by atoms with van der Waals surface area (Å²) in [5, 5.41) is 4.26. The highest BCUT2D eigenvalue weighted by molar-refractivity contribution is 6.34. The maximum Gasteiger partial charge on any atom is 0.128 e. The topological polar surface area (TPSA) is 31.4 Å². The summed E-state index contributed by atoms with van der Waals surface area (Å²) in [6.07, 6.45) is 4.56. The number of hydrogen-bond donors (Lipinski definition) is 1. The monoisotopic (exact) mass is 328 g/mol. The van der Waals surface area contributed by atoms with E-state index in [0.29, 0.717) is 6.04 Å². The SMILES string of the molecule is CC1CCCN1c1ccc(C2Nc3c(Cl)cccc3N2C)cn1. The third-order valence-electron chi connectivity index (χ3n) is 4.97. The number of benzene rings is 1. The van der Waals surface area contributed by atoms with E-state index in [4.69, 9.17) is 16.6 Å². The average Bonchev–Trinajstić information content (AvgIpc) is 3.13. The first-order chi connectivity index (χ1) is 11.1. The van der Waals surface area contributed by atoms with Crippen LogP contribution in [0.2, 0.25) is 5.02 Å². The minimum atomic E-state index is 0.0717. The molecule has 23 heavy (non-hydrogen) atoms. The number of aromatic nitrogens is 1. The molecule has 0 amide bonds. The van der Waals surface area contributed by atoms with Gasteiger partial charge in [0, 0.05) is 31.4 Å². The van der Waals surface area contributed by atoms with E-state index in [2.05, 4.69) is 47.3 Å². The first-order valence-corrected chi connectivity index (χ1v) is 8.53. The Morgan fingerprint density at radius 1 is 1.26 bits per heavy atom. The van der Waals surface area contributed by atoms with E-state index in [9.17, 15) is 0 Å². The molecule has 2 unspecified atom stereocenters. The lowest BCUT2D eigenvalue weighted by Crippen LogP contribution is -2.27. The number of pyridine rings is 1. The highest BCUT2D eigenvalue weighted by Gasteiger charge is 2.29. The molecule has 1 saturated heterocycles. The minimum absolute atomic E-state index is 0.0717. The van der Waals surface area contributed by atoms with E-state index in [-0.39, 0.29) is 6.17 Å². The van der Waals surface area contributed by atoms with Gasteiger partial charge in [0.2, 0.25) is 0 Å². The fraction of sp³-hybridized carbons (Fsp3) is 0.389. The molecule has 0 radical (unpaired) electrons. The second kappa shape index (κ2) is 5.60. The molecular formula is C18H21ClN4. The van der Waals surface area contributed by atoms with Crippen LogP contribution in [0.5, 0.6) is 0 Å². The summed E-state index contributed by atoms with van der Waals surface area (Å²) in [4.78, 5) is 9.30. The van der Waals surface area contributed by atoms with Crippen molar-refractivity contribution in [1.29, 1.82) is 0 Å². The molecule has 0 saturated carbocycles. The van der Waals surface area contributed by atoms with Crippen LogP contribution < -0.4 is 15.1 Å². The molecule has 120 valence electrons. The summed E-state index contributed by atoms with van der Waals surface area (Å²) in [6, 6.07) is 10.9. The first kappa shape index (κ1) is 14.6. The summed E-state index contributed by atoms with van der Waals surface area (Å²) >= 11 is 6.30. The van der Waals surface area contributed by atoms with Gasteiger partial charge in [0.05, 0.1) is 16.4 Å². The zero-order chi connectivity index (χ0) is 16.0. The summed E-state index contributed by atoms with van der Waals surface area (Å²) < 4.78 is 0. The lowest BCUT2D eigenvalue weighted by Gasteiger charge is -2.25. The van der Waals surface area contributed by atoms with E-state index >= 15 is 0 Å². The zero-order valence-corrected chi connectivity index (χ0v) is 14.2. The van der Waals surface area contributed by atoms with Gasteiger partial charge in [0.15, 0.2) is 0 Å². The molecule has 0 spiro atoms. The van der Waals surface area contributed by atoms with Crippen LogP contribution in [0, 0.1) is 0 Å². The number of halogens is 1. The van der Waals surface area contributed by atoms with E-state index in [1.165, 1.54) is 12.8 Å². The van der Waals surface area contributed by atoms with Gasteiger partial charge in [-0.05, 0) is 44.0 Å². The molecule has 1 N–H and O–H groups in total. The van der Waals surface area contributed by atoms with Gasteiger partial charge in [0.25, 0.3) is 0 Å². The molecule has 4 nitrogen and oxygen atoms in total. The molecule has 1 fully saturated rings. The van der Waals surface area contributed by atoms with Crippen LogP contribution in [0.25, 0.3) is 0 Å². The van der Waals surface area contributed by atoms with Gasteiger partial charge < -0.3 is 15.1 Å². The van der Waals surface area contributed by atoms with Crippen molar-refractivity contribution in [2.75, 3.05) is 28.7 Å². The highest BCUT2D eigenvalue weighted by atomic mass is 35.5. The fourth-order valence-electron chi connectivity index (χ4n) is 3.63. The molecule has 2 aliphatic rings. The molecular weight excluding hydrogens is 308 g/mol. The standard InChI is InChI=1S/C18H21ClN4/c1-12-5-4-10-23(12)16-9-8-13(11-20-16)18-21-17-14(19)6-3-7-15(17)22(18)2/h3,6-9,11-12,18,21H,4-5,10H2,1-2H3. The van der Waals surface area contributed by atoms with Crippen molar-refractivity contribution in [3.8, 4) is 0 Å². The average molecular weight is 329 g/mol. The third-order valence-corrected chi connectivity index (χ3v) is 5.29. The van der Waals surface area contributed by atoms with Gasteiger partial charge in [0.1, 0.15) is 12.0 Å². The maximum absolute atomic E-state index is 6.30.